The van der Waals surface area contributed by atoms with Gasteiger partial charge in [-0.05, 0) is 24.8 Å². The van der Waals surface area contributed by atoms with Crippen molar-refractivity contribution in [1.82, 2.24) is 0 Å². The maximum Gasteiger partial charge on any atom is 0.193 e. The monoisotopic (exact) mass is 268 g/mol. The van der Waals surface area contributed by atoms with E-state index in [1.54, 1.807) is 0 Å². The number of benzene rings is 1. The summed E-state index contributed by atoms with van der Waals surface area (Å²) in [4.78, 5) is 11.9. The number of rotatable bonds is 3. The first kappa shape index (κ1) is 13.1. The first-order valence-electron chi connectivity index (χ1n) is 5.61. The molecule has 0 saturated carbocycles. The molecule has 2 rings (SSSR count). The van der Waals surface area contributed by atoms with Crippen LogP contribution in [0.1, 0.15) is 25.5 Å². The van der Waals surface area contributed by atoms with Crippen LogP contribution in [0.5, 0.6) is 0 Å². The van der Waals surface area contributed by atoms with E-state index in [9.17, 15) is 14.3 Å². The van der Waals surface area contributed by atoms with Gasteiger partial charge < -0.3 is 9.52 Å². The molecule has 1 atom stereocenters. The molecule has 0 bridgehead atoms. The second-order valence-corrected chi connectivity index (χ2v) is 5.18. The quantitative estimate of drug-likeness (QED) is 0.869. The zero-order valence-electron chi connectivity index (χ0n) is 10.1. The molecule has 1 heterocycles. The van der Waals surface area contributed by atoms with Gasteiger partial charge in [-0.3, -0.25) is 4.79 Å². The van der Waals surface area contributed by atoms with Crippen molar-refractivity contribution in [2.24, 2.45) is 0 Å². The zero-order chi connectivity index (χ0) is 13.3. The molecule has 0 amide bonds. The lowest BCUT2D eigenvalue weighted by Gasteiger charge is -2.09. The van der Waals surface area contributed by atoms with E-state index in [1.165, 1.54) is 30.8 Å². The Morgan fingerprint density at radius 1 is 1.44 bits per heavy atom. The van der Waals surface area contributed by atoms with Gasteiger partial charge >= 0.3 is 0 Å². The van der Waals surface area contributed by atoms with Gasteiger partial charge in [0.05, 0.1) is 11.5 Å². The van der Waals surface area contributed by atoms with Crippen molar-refractivity contribution in [2.45, 2.75) is 25.0 Å². The van der Waals surface area contributed by atoms with E-state index in [1.807, 2.05) is 6.92 Å². The van der Waals surface area contributed by atoms with Crippen LogP contribution in [0.15, 0.2) is 32.5 Å². The van der Waals surface area contributed by atoms with Crippen LogP contribution in [-0.2, 0) is 0 Å². The molecule has 0 aliphatic carbocycles. The van der Waals surface area contributed by atoms with Gasteiger partial charge in [-0.1, -0.05) is 18.7 Å². The van der Waals surface area contributed by atoms with Crippen LogP contribution in [0.2, 0.25) is 0 Å². The predicted octanol–water partition coefficient (Wildman–Crippen LogP) is 3.10. The summed E-state index contributed by atoms with van der Waals surface area (Å²) in [5.74, 6) is 0.209. The minimum Gasteiger partial charge on any atom is -0.449 e. The van der Waals surface area contributed by atoms with E-state index in [-0.39, 0.29) is 16.4 Å². The molecule has 0 aliphatic heterocycles. The smallest absolute Gasteiger partial charge is 0.193 e. The number of aliphatic hydroxyl groups is 1. The van der Waals surface area contributed by atoms with Crippen molar-refractivity contribution in [3.8, 4) is 0 Å². The Kier molecular flexibility index (Phi) is 3.73. The predicted molar refractivity (Wildman–Crippen MR) is 69.5 cm³/mol. The number of hydrogen-bond donors (Lipinski definition) is 1. The summed E-state index contributed by atoms with van der Waals surface area (Å²) in [7, 11) is 0. The second-order valence-electron chi connectivity index (χ2n) is 3.91. The van der Waals surface area contributed by atoms with Crippen molar-refractivity contribution in [2.75, 3.05) is 5.75 Å². The fourth-order valence-corrected chi connectivity index (χ4v) is 2.37. The summed E-state index contributed by atoms with van der Waals surface area (Å²) in [6, 6.07) is 3.67. The highest BCUT2D eigenvalue weighted by Crippen LogP contribution is 2.27. The van der Waals surface area contributed by atoms with Gasteiger partial charge in [0.1, 0.15) is 11.4 Å². The van der Waals surface area contributed by atoms with Crippen molar-refractivity contribution >= 4 is 22.7 Å². The van der Waals surface area contributed by atoms with E-state index in [0.29, 0.717) is 10.7 Å². The number of aliphatic hydroxyl groups excluding tert-OH is 1. The third-order valence-electron chi connectivity index (χ3n) is 2.54. The highest BCUT2D eigenvalue weighted by Gasteiger charge is 2.14. The molecule has 1 aromatic heterocycles. The van der Waals surface area contributed by atoms with Crippen LogP contribution >= 0.6 is 11.8 Å². The van der Waals surface area contributed by atoms with E-state index in [4.69, 9.17) is 4.42 Å². The number of thioether (sulfide) groups is 1. The molecule has 1 unspecified atom stereocenters. The van der Waals surface area contributed by atoms with Crippen LogP contribution in [0.3, 0.4) is 0 Å². The standard InChI is InChI=1S/C13H13FO3S/c1-3-18-12-6-11(16)10-5-8(14)4-9(7(2)15)13(10)17-12/h4-7,15H,3H2,1-2H3. The largest absolute Gasteiger partial charge is 0.449 e. The normalized spacial score (nSPS) is 12.9. The number of hydrogen-bond acceptors (Lipinski definition) is 4. The lowest BCUT2D eigenvalue weighted by molar-refractivity contribution is 0.198. The van der Waals surface area contributed by atoms with E-state index < -0.39 is 11.9 Å². The third kappa shape index (κ3) is 2.42. The molecule has 0 radical (unpaired) electrons. The molecule has 5 heteroatoms. The van der Waals surface area contributed by atoms with Gasteiger partial charge in [-0.2, -0.15) is 0 Å². The molecular formula is C13H13FO3S. The average Bonchev–Trinajstić information content (AvgIpc) is 2.29. The van der Waals surface area contributed by atoms with Crippen LogP contribution in [0.25, 0.3) is 11.0 Å². The molecule has 1 N–H and O–H groups in total. The summed E-state index contributed by atoms with van der Waals surface area (Å²) in [6.45, 7) is 3.45. The Bertz CT molecular complexity index is 634. The highest BCUT2D eigenvalue weighted by molar-refractivity contribution is 7.99. The Labute approximate surface area is 108 Å². The summed E-state index contributed by atoms with van der Waals surface area (Å²) in [5.41, 5.74) is 0.254. The Morgan fingerprint density at radius 2 is 2.17 bits per heavy atom. The number of fused-ring (bicyclic) bond motifs is 1. The molecule has 18 heavy (non-hydrogen) atoms. The maximum atomic E-state index is 13.4. The van der Waals surface area contributed by atoms with Gasteiger partial charge in [0.15, 0.2) is 10.5 Å². The van der Waals surface area contributed by atoms with Crippen LogP contribution in [-0.4, -0.2) is 10.9 Å². The third-order valence-corrected chi connectivity index (χ3v) is 3.31. The van der Waals surface area contributed by atoms with Crippen molar-refractivity contribution in [1.29, 1.82) is 0 Å². The van der Waals surface area contributed by atoms with Crippen LogP contribution < -0.4 is 5.43 Å². The highest BCUT2D eigenvalue weighted by atomic mass is 32.2. The molecule has 2 aromatic rings. The van der Waals surface area contributed by atoms with E-state index in [0.717, 1.165) is 11.8 Å². The van der Waals surface area contributed by atoms with Crippen molar-refractivity contribution < 1.29 is 13.9 Å². The molecule has 0 spiro atoms. The van der Waals surface area contributed by atoms with E-state index in [2.05, 4.69) is 0 Å². The Hall–Kier alpha value is -1.33. The van der Waals surface area contributed by atoms with Gasteiger partial charge in [-0.25, -0.2) is 4.39 Å². The summed E-state index contributed by atoms with van der Waals surface area (Å²) < 4.78 is 19.0. The maximum absolute atomic E-state index is 13.4. The SMILES string of the molecule is CCSc1cc(=O)c2cc(F)cc(C(C)O)c2o1. The van der Waals surface area contributed by atoms with Crippen LogP contribution in [0, 0.1) is 5.82 Å². The van der Waals surface area contributed by atoms with Gasteiger partial charge in [0.25, 0.3) is 0 Å². The lowest BCUT2D eigenvalue weighted by atomic mass is 10.1. The first-order chi connectivity index (χ1) is 8.52. The van der Waals surface area contributed by atoms with Crippen molar-refractivity contribution in [3.63, 3.8) is 0 Å². The molecule has 1 aromatic carbocycles. The number of halogens is 1. The molecule has 96 valence electrons. The second kappa shape index (κ2) is 5.12. The fourth-order valence-electron chi connectivity index (χ4n) is 1.75. The summed E-state index contributed by atoms with van der Waals surface area (Å²) in [5, 5.41) is 10.3. The zero-order valence-corrected chi connectivity index (χ0v) is 10.9. The van der Waals surface area contributed by atoms with E-state index >= 15 is 0 Å². The lowest BCUT2D eigenvalue weighted by Crippen LogP contribution is -2.04. The topological polar surface area (TPSA) is 50.4 Å². The van der Waals surface area contributed by atoms with Crippen LogP contribution in [0.4, 0.5) is 4.39 Å². The molecule has 0 aliphatic rings. The summed E-state index contributed by atoms with van der Waals surface area (Å²) >= 11 is 1.39. The minimum absolute atomic E-state index is 0.159. The van der Waals surface area contributed by atoms with Gasteiger partial charge in [-0.15, -0.1) is 0 Å². The van der Waals surface area contributed by atoms with Gasteiger partial charge in [0, 0.05) is 11.6 Å². The Morgan fingerprint density at radius 3 is 2.78 bits per heavy atom. The molecule has 0 saturated heterocycles. The van der Waals surface area contributed by atoms with Gasteiger partial charge in [0.2, 0.25) is 0 Å². The molecular weight excluding hydrogens is 255 g/mol. The fraction of sp³-hybridized carbons (Fsp3) is 0.308. The first-order valence-corrected chi connectivity index (χ1v) is 6.59. The Balaban J connectivity index is 2.79. The molecule has 0 fully saturated rings. The van der Waals surface area contributed by atoms with Crippen molar-refractivity contribution in [3.05, 3.63) is 39.8 Å². The minimum atomic E-state index is -0.895. The average molecular weight is 268 g/mol. The molecule has 3 nitrogen and oxygen atoms in total. The summed E-state index contributed by atoms with van der Waals surface area (Å²) in [6.07, 6.45) is -0.895.